The predicted molar refractivity (Wildman–Crippen MR) is 71.4 cm³/mol. The summed E-state index contributed by atoms with van der Waals surface area (Å²) in [7, 11) is 1.80. The summed E-state index contributed by atoms with van der Waals surface area (Å²) in [4.78, 5) is 29.5. The van der Waals surface area contributed by atoms with E-state index in [2.05, 4.69) is 15.6 Å². The summed E-state index contributed by atoms with van der Waals surface area (Å²) in [5.74, 6) is 0.231. The van der Waals surface area contributed by atoms with Gasteiger partial charge in [0.2, 0.25) is 11.8 Å². The fourth-order valence-electron chi connectivity index (χ4n) is 2.08. The summed E-state index contributed by atoms with van der Waals surface area (Å²) < 4.78 is 0. The summed E-state index contributed by atoms with van der Waals surface area (Å²) in [6, 6.07) is 3.78. The molecule has 0 radical (unpaired) electrons. The average Bonchev–Trinajstić information content (AvgIpc) is 2.36. The second-order valence-electron chi connectivity index (χ2n) is 5.05. The minimum absolute atomic E-state index is 0.205. The van der Waals surface area contributed by atoms with Crippen LogP contribution in [0.25, 0.3) is 0 Å². The molecule has 102 valence electrons. The van der Waals surface area contributed by atoms with Crippen molar-refractivity contribution in [3.63, 3.8) is 0 Å². The highest BCUT2D eigenvalue weighted by Crippen LogP contribution is 2.23. The maximum atomic E-state index is 11.9. The van der Waals surface area contributed by atoms with Gasteiger partial charge in [0, 0.05) is 25.4 Å². The molecule has 2 heterocycles. The van der Waals surface area contributed by atoms with Gasteiger partial charge in [-0.3, -0.25) is 19.8 Å². The van der Waals surface area contributed by atoms with E-state index < -0.39 is 5.54 Å². The SMILES string of the molecule is CNc1ncccc1CN1CC(=O)NC(=O)C1(C)C. The maximum absolute atomic E-state index is 11.9. The minimum atomic E-state index is -0.714. The van der Waals surface area contributed by atoms with Crippen molar-refractivity contribution in [1.82, 2.24) is 15.2 Å². The zero-order valence-electron chi connectivity index (χ0n) is 11.4. The quantitative estimate of drug-likeness (QED) is 0.769. The largest absolute Gasteiger partial charge is 0.373 e. The topological polar surface area (TPSA) is 74.3 Å². The van der Waals surface area contributed by atoms with E-state index in [4.69, 9.17) is 0 Å². The Morgan fingerprint density at radius 3 is 2.89 bits per heavy atom. The first-order valence-electron chi connectivity index (χ1n) is 6.16. The predicted octanol–water partition coefficient (Wildman–Crippen LogP) is 0.360. The first-order chi connectivity index (χ1) is 8.95. The first kappa shape index (κ1) is 13.5. The molecule has 0 aromatic carbocycles. The molecular formula is C13H18N4O2. The highest BCUT2D eigenvalue weighted by Gasteiger charge is 2.40. The van der Waals surface area contributed by atoms with Gasteiger partial charge in [0.15, 0.2) is 0 Å². The van der Waals surface area contributed by atoms with Gasteiger partial charge in [0.25, 0.3) is 0 Å². The first-order valence-corrected chi connectivity index (χ1v) is 6.16. The van der Waals surface area contributed by atoms with Gasteiger partial charge in [0.1, 0.15) is 5.82 Å². The van der Waals surface area contributed by atoms with E-state index in [-0.39, 0.29) is 18.4 Å². The van der Waals surface area contributed by atoms with Crippen LogP contribution in [0, 0.1) is 0 Å². The normalized spacial score (nSPS) is 19.1. The third-order valence-corrected chi connectivity index (χ3v) is 3.42. The van der Waals surface area contributed by atoms with Crippen molar-refractivity contribution in [2.75, 3.05) is 18.9 Å². The number of pyridine rings is 1. The van der Waals surface area contributed by atoms with Crippen LogP contribution >= 0.6 is 0 Å². The molecule has 0 aliphatic carbocycles. The van der Waals surface area contributed by atoms with Crippen molar-refractivity contribution >= 4 is 17.6 Å². The molecule has 2 N–H and O–H groups in total. The van der Waals surface area contributed by atoms with E-state index in [1.54, 1.807) is 13.2 Å². The van der Waals surface area contributed by atoms with Crippen molar-refractivity contribution in [3.05, 3.63) is 23.9 Å². The van der Waals surface area contributed by atoms with Gasteiger partial charge in [-0.1, -0.05) is 6.07 Å². The third-order valence-electron chi connectivity index (χ3n) is 3.42. The van der Waals surface area contributed by atoms with Gasteiger partial charge < -0.3 is 5.32 Å². The number of carbonyl (C=O) groups excluding carboxylic acids is 2. The molecule has 6 heteroatoms. The van der Waals surface area contributed by atoms with Crippen LogP contribution in [0.1, 0.15) is 19.4 Å². The Kier molecular flexibility index (Phi) is 3.53. The van der Waals surface area contributed by atoms with Crippen LogP contribution in [0.15, 0.2) is 18.3 Å². The van der Waals surface area contributed by atoms with Gasteiger partial charge in [-0.2, -0.15) is 0 Å². The van der Waals surface area contributed by atoms with Crippen LogP contribution in [0.4, 0.5) is 5.82 Å². The number of imide groups is 1. The molecule has 2 rings (SSSR count). The van der Waals surface area contributed by atoms with Crippen molar-refractivity contribution in [1.29, 1.82) is 0 Å². The van der Waals surface area contributed by atoms with E-state index in [9.17, 15) is 9.59 Å². The van der Waals surface area contributed by atoms with Crippen LogP contribution in [0.3, 0.4) is 0 Å². The van der Waals surface area contributed by atoms with Crippen LogP contribution in [0.2, 0.25) is 0 Å². The lowest BCUT2D eigenvalue weighted by Crippen LogP contribution is -2.63. The van der Waals surface area contributed by atoms with Crippen molar-refractivity contribution in [2.24, 2.45) is 0 Å². The van der Waals surface area contributed by atoms with Gasteiger partial charge in [-0.25, -0.2) is 4.98 Å². The van der Waals surface area contributed by atoms with Crippen molar-refractivity contribution < 1.29 is 9.59 Å². The van der Waals surface area contributed by atoms with Crippen LogP contribution in [-0.2, 0) is 16.1 Å². The molecule has 0 bridgehead atoms. The molecular weight excluding hydrogens is 244 g/mol. The molecule has 0 unspecified atom stereocenters. The van der Waals surface area contributed by atoms with E-state index in [1.807, 2.05) is 30.9 Å². The molecule has 0 spiro atoms. The standard InChI is InChI=1S/C13H18N4O2/c1-13(2)12(19)16-10(18)8-17(13)7-9-5-4-6-15-11(9)14-3/h4-6H,7-8H2,1-3H3,(H,14,15)(H,16,18,19). The molecule has 0 atom stereocenters. The number of hydrogen-bond acceptors (Lipinski definition) is 5. The van der Waals surface area contributed by atoms with Crippen LogP contribution < -0.4 is 10.6 Å². The Morgan fingerprint density at radius 1 is 1.47 bits per heavy atom. The number of piperazine rings is 1. The van der Waals surface area contributed by atoms with Gasteiger partial charge in [-0.15, -0.1) is 0 Å². The van der Waals surface area contributed by atoms with Crippen molar-refractivity contribution in [3.8, 4) is 0 Å². The number of nitrogens with one attached hydrogen (secondary N) is 2. The number of aromatic nitrogens is 1. The minimum Gasteiger partial charge on any atom is -0.373 e. The molecule has 1 aromatic rings. The fraction of sp³-hybridized carbons (Fsp3) is 0.462. The zero-order valence-corrected chi connectivity index (χ0v) is 11.4. The molecule has 1 aliphatic rings. The van der Waals surface area contributed by atoms with Gasteiger partial charge >= 0.3 is 0 Å². The van der Waals surface area contributed by atoms with E-state index in [0.717, 1.165) is 11.4 Å². The molecule has 1 saturated heterocycles. The molecule has 19 heavy (non-hydrogen) atoms. The van der Waals surface area contributed by atoms with E-state index in [0.29, 0.717) is 6.54 Å². The lowest BCUT2D eigenvalue weighted by Gasteiger charge is -2.40. The number of carbonyl (C=O) groups is 2. The second kappa shape index (κ2) is 4.97. The van der Waals surface area contributed by atoms with Crippen molar-refractivity contribution in [2.45, 2.75) is 25.9 Å². The Labute approximate surface area is 112 Å². The summed E-state index contributed by atoms with van der Waals surface area (Å²) in [5, 5.41) is 5.37. The summed E-state index contributed by atoms with van der Waals surface area (Å²) in [5.41, 5.74) is 0.245. The third kappa shape index (κ3) is 2.58. The number of amides is 2. The Bertz CT molecular complexity index is 513. The van der Waals surface area contributed by atoms with Gasteiger partial charge in [-0.05, 0) is 19.9 Å². The number of rotatable bonds is 3. The number of nitrogens with zero attached hydrogens (tertiary/aromatic N) is 2. The molecule has 0 saturated carbocycles. The average molecular weight is 262 g/mol. The number of anilines is 1. The van der Waals surface area contributed by atoms with E-state index in [1.165, 1.54) is 0 Å². The Hall–Kier alpha value is -1.95. The summed E-state index contributed by atoms with van der Waals surface area (Å²) >= 11 is 0. The second-order valence-corrected chi connectivity index (χ2v) is 5.05. The van der Waals surface area contributed by atoms with Crippen LogP contribution in [-0.4, -0.2) is 40.8 Å². The lowest BCUT2D eigenvalue weighted by atomic mass is 9.98. The molecule has 2 amide bonds. The highest BCUT2D eigenvalue weighted by molar-refractivity contribution is 6.02. The Morgan fingerprint density at radius 2 is 2.21 bits per heavy atom. The Balaban J connectivity index is 2.25. The molecule has 1 aromatic heterocycles. The van der Waals surface area contributed by atoms with E-state index >= 15 is 0 Å². The van der Waals surface area contributed by atoms with Gasteiger partial charge in [0.05, 0.1) is 12.1 Å². The number of hydrogen-bond donors (Lipinski definition) is 2. The highest BCUT2D eigenvalue weighted by atomic mass is 16.2. The molecule has 1 aliphatic heterocycles. The maximum Gasteiger partial charge on any atom is 0.246 e. The summed E-state index contributed by atoms with van der Waals surface area (Å²) in [6.45, 7) is 4.32. The smallest absolute Gasteiger partial charge is 0.246 e. The monoisotopic (exact) mass is 262 g/mol. The lowest BCUT2D eigenvalue weighted by molar-refractivity contribution is -0.145. The van der Waals surface area contributed by atoms with Crippen LogP contribution in [0.5, 0.6) is 0 Å². The zero-order chi connectivity index (χ0) is 14.0. The summed E-state index contributed by atoms with van der Waals surface area (Å²) in [6.07, 6.45) is 1.70. The molecule has 1 fully saturated rings. The fourth-order valence-corrected chi connectivity index (χ4v) is 2.08. The molecule has 6 nitrogen and oxygen atoms in total.